The molecule has 1 fully saturated rings. The summed E-state index contributed by atoms with van der Waals surface area (Å²) < 4.78 is 1.94. The number of rotatable bonds is 5. The quantitative estimate of drug-likeness (QED) is 0.718. The molecule has 29 heavy (non-hydrogen) atoms. The van der Waals surface area contributed by atoms with E-state index in [1.165, 1.54) is 0 Å². The topological polar surface area (TPSA) is 74.0 Å². The van der Waals surface area contributed by atoms with Crippen LogP contribution in [0, 0.1) is 13.8 Å². The molecular weight excluding hydrogens is 366 g/mol. The van der Waals surface area contributed by atoms with Crippen molar-refractivity contribution in [3.05, 3.63) is 65.4 Å². The van der Waals surface area contributed by atoms with Crippen molar-refractivity contribution >= 4 is 11.6 Å². The van der Waals surface area contributed by atoms with Crippen molar-refractivity contribution in [2.24, 2.45) is 0 Å². The van der Waals surface area contributed by atoms with Crippen molar-refractivity contribution in [1.82, 2.24) is 24.2 Å². The van der Waals surface area contributed by atoms with Gasteiger partial charge >= 0.3 is 0 Å². The molecule has 0 spiro atoms. The van der Waals surface area contributed by atoms with E-state index in [0.29, 0.717) is 25.2 Å². The third kappa shape index (κ3) is 4.16. The minimum absolute atomic E-state index is 0.0515. The molecule has 0 bridgehead atoms. The highest BCUT2D eigenvalue weighted by atomic mass is 16.3. The number of aliphatic hydroxyl groups excluding tert-OH is 1. The number of hydrogen-bond donors (Lipinski definition) is 1. The van der Waals surface area contributed by atoms with Crippen LogP contribution in [-0.2, 0) is 6.54 Å². The number of pyridine rings is 2. The van der Waals surface area contributed by atoms with Gasteiger partial charge in [-0.3, -0.25) is 14.7 Å². The molecule has 4 rings (SSSR count). The number of hydrogen-bond acceptors (Lipinski definition) is 5. The highest BCUT2D eigenvalue weighted by Gasteiger charge is 2.31. The highest BCUT2D eigenvalue weighted by Crippen LogP contribution is 2.18. The standard InChI is InChI=1S/C22H27N5O2/c1-16-5-3-7-18(23-16)13-25-10-11-26(14-19(25)9-12-28)22(29)20-15-27-17(2)6-4-8-21(27)24-20/h3-8,15,19,28H,9-14H2,1-2H3/t19-/m0/s1. The molecule has 0 aliphatic carbocycles. The molecule has 1 aliphatic heterocycles. The number of fused-ring (bicyclic) bond motifs is 1. The van der Waals surface area contributed by atoms with Gasteiger partial charge in [0.25, 0.3) is 5.91 Å². The van der Waals surface area contributed by atoms with E-state index in [1.807, 2.05) is 65.7 Å². The van der Waals surface area contributed by atoms with Crippen LogP contribution >= 0.6 is 0 Å². The number of amides is 1. The average Bonchev–Trinajstić information content (AvgIpc) is 3.15. The second-order valence-electron chi connectivity index (χ2n) is 7.68. The number of imidazole rings is 1. The second kappa shape index (κ2) is 8.31. The van der Waals surface area contributed by atoms with E-state index < -0.39 is 0 Å². The van der Waals surface area contributed by atoms with Crippen LogP contribution in [0.2, 0.25) is 0 Å². The predicted molar refractivity (Wildman–Crippen MR) is 111 cm³/mol. The summed E-state index contributed by atoms with van der Waals surface area (Å²) in [6.45, 7) is 6.77. The monoisotopic (exact) mass is 393 g/mol. The Hall–Kier alpha value is -2.77. The zero-order valence-electron chi connectivity index (χ0n) is 17.0. The summed E-state index contributed by atoms with van der Waals surface area (Å²) in [5.74, 6) is -0.0515. The maximum atomic E-state index is 13.1. The number of piperazine rings is 1. The van der Waals surface area contributed by atoms with Gasteiger partial charge in [0, 0.05) is 56.4 Å². The summed E-state index contributed by atoms with van der Waals surface area (Å²) in [7, 11) is 0. The van der Waals surface area contributed by atoms with Gasteiger partial charge in [-0.25, -0.2) is 4.98 Å². The van der Waals surface area contributed by atoms with Gasteiger partial charge in [-0.15, -0.1) is 0 Å². The lowest BCUT2D eigenvalue weighted by atomic mass is 10.1. The van der Waals surface area contributed by atoms with Crippen LogP contribution in [-0.4, -0.2) is 67.5 Å². The number of aliphatic hydroxyl groups is 1. The first-order valence-electron chi connectivity index (χ1n) is 10.1. The summed E-state index contributed by atoms with van der Waals surface area (Å²) in [4.78, 5) is 26.4. The Morgan fingerprint density at radius 1 is 1.14 bits per heavy atom. The Balaban J connectivity index is 1.49. The smallest absolute Gasteiger partial charge is 0.274 e. The summed E-state index contributed by atoms with van der Waals surface area (Å²) in [5, 5.41) is 9.55. The lowest BCUT2D eigenvalue weighted by molar-refractivity contribution is 0.0387. The number of aromatic nitrogens is 3. The Morgan fingerprint density at radius 2 is 1.97 bits per heavy atom. The number of carbonyl (C=O) groups is 1. The minimum Gasteiger partial charge on any atom is -0.396 e. The van der Waals surface area contributed by atoms with E-state index in [0.717, 1.165) is 35.8 Å². The van der Waals surface area contributed by atoms with Crippen LogP contribution in [0.3, 0.4) is 0 Å². The molecule has 4 heterocycles. The molecule has 1 atom stereocenters. The maximum Gasteiger partial charge on any atom is 0.274 e. The van der Waals surface area contributed by atoms with Gasteiger partial charge in [0.1, 0.15) is 11.3 Å². The first-order valence-corrected chi connectivity index (χ1v) is 10.1. The molecule has 3 aromatic heterocycles. The third-order valence-electron chi connectivity index (χ3n) is 5.58. The van der Waals surface area contributed by atoms with Gasteiger partial charge in [-0.2, -0.15) is 0 Å². The van der Waals surface area contributed by atoms with Crippen LogP contribution in [0.1, 0.15) is 34.0 Å². The van der Waals surface area contributed by atoms with Crippen LogP contribution < -0.4 is 0 Å². The highest BCUT2D eigenvalue weighted by molar-refractivity contribution is 5.93. The third-order valence-corrected chi connectivity index (χ3v) is 5.58. The van der Waals surface area contributed by atoms with E-state index >= 15 is 0 Å². The Bertz CT molecular complexity index is 1020. The van der Waals surface area contributed by atoms with E-state index in [-0.39, 0.29) is 18.6 Å². The fraction of sp³-hybridized carbons (Fsp3) is 0.409. The molecule has 7 heteroatoms. The maximum absolute atomic E-state index is 13.1. The van der Waals surface area contributed by atoms with Crippen LogP contribution in [0.4, 0.5) is 0 Å². The van der Waals surface area contributed by atoms with Crippen LogP contribution in [0.15, 0.2) is 42.6 Å². The van der Waals surface area contributed by atoms with Gasteiger partial charge in [0.2, 0.25) is 0 Å². The molecule has 1 amide bonds. The summed E-state index contributed by atoms with van der Waals surface area (Å²) >= 11 is 0. The molecular formula is C22H27N5O2. The first-order chi connectivity index (χ1) is 14.0. The second-order valence-corrected chi connectivity index (χ2v) is 7.68. The fourth-order valence-corrected chi connectivity index (χ4v) is 4.02. The largest absolute Gasteiger partial charge is 0.396 e. The Kier molecular flexibility index (Phi) is 5.60. The molecule has 7 nitrogen and oxygen atoms in total. The number of aryl methyl sites for hydroxylation is 2. The summed E-state index contributed by atoms with van der Waals surface area (Å²) in [6.07, 6.45) is 2.44. The molecule has 0 aromatic carbocycles. The first kappa shape index (κ1) is 19.5. The van der Waals surface area contributed by atoms with Crippen molar-refractivity contribution in [2.45, 2.75) is 32.9 Å². The summed E-state index contributed by atoms with van der Waals surface area (Å²) in [5.41, 5.74) is 4.31. The molecule has 1 saturated heterocycles. The van der Waals surface area contributed by atoms with Crippen molar-refractivity contribution in [3.8, 4) is 0 Å². The van der Waals surface area contributed by atoms with E-state index in [9.17, 15) is 9.90 Å². The SMILES string of the molecule is Cc1cccc(CN2CCN(C(=O)c3cn4c(C)cccc4n3)C[C@@H]2CCO)n1. The van der Waals surface area contributed by atoms with Crippen molar-refractivity contribution in [1.29, 1.82) is 0 Å². The number of nitrogens with zero attached hydrogens (tertiary/aromatic N) is 5. The zero-order chi connectivity index (χ0) is 20.4. The summed E-state index contributed by atoms with van der Waals surface area (Å²) in [6, 6.07) is 12.0. The Morgan fingerprint density at radius 3 is 2.72 bits per heavy atom. The van der Waals surface area contributed by atoms with Crippen molar-refractivity contribution < 1.29 is 9.90 Å². The normalized spacial score (nSPS) is 17.8. The van der Waals surface area contributed by atoms with Gasteiger partial charge < -0.3 is 14.4 Å². The lowest BCUT2D eigenvalue weighted by Gasteiger charge is -2.41. The fourth-order valence-electron chi connectivity index (χ4n) is 4.02. The van der Waals surface area contributed by atoms with E-state index in [2.05, 4.69) is 14.9 Å². The van der Waals surface area contributed by atoms with Gasteiger partial charge in [-0.05, 0) is 44.5 Å². The van der Waals surface area contributed by atoms with Crippen molar-refractivity contribution in [2.75, 3.05) is 26.2 Å². The van der Waals surface area contributed by atoms with Crippen molar-refractivity contribution in [3.63, 3.8) is 0 Å². The van der Waals surface area contributed by atoms with E-state index in [1.54, 1.807) is 0 Å². The Labute approximate surface area is 170 Å². The molecule has 152 valence electrons. The van der Waals surface area contributed by atoms with Crippen LogP contribution in [0.5, 0.6) is 0 Å². The molecule has 1 N–H and O–H groups in total. The zero-order valence-corrected chi connectivity index (χ0v) is 17.0. The average molecular weight is 393 g/mol. The van der Waals surface area contributed by atoms with E-state index in [4.69, 9.17) is 0 Å². The molecule has 0 saturated carbocycles. The lowest BCUT2D eigenvalue weighted by Crippen LogP contribution is -2.54. The van der Waals surface area contributed by atoms with Gasteiger partial charge in [-0.1, -0.05) is 12.1 Å². The van der Waals surface area contributed by atoms with Gasteiger partial charge in [0.15, 0.2) is 0 Å². The molecule has 0 radical (unpaired) electrons. The minimum atomic E-state index is -0.0515. The van der Waals surface area contributed by atoms with Crippen LogP contribution in [0.25, 0.3) is 5.65 Å². The molecule has 0 unspecified atom stereocenters. The molecule has 1 aliphatic rings. The van der Waals surface area contributed by atoms with Gasteiger partial charge in [0.05, 0.1) is 5.69 Å². The number of carbonyl (C=O) groups excluding carboxylic acids is 1. The predicted octanol–water partition coefficient (Wildman–Crippen LogP) is 2.06. The molecule has 3 aromatic rings.